The van der Waals surface area contributed by atoms with E-state index >= 15 is 0 Å². The standard InChI is InChI=1S/C23H21N3O2/c1-3-27-22-15-20-21(13-14-24-23(20)25-16(22)2)26-17-9-11-19(12-10-17)28-18-7-5-4-6-8-18/h4-15H,3H2,1-2H3,(H,24,25,26). The molecule has 4 aromatic rings. The van der Waals surface area contributed by atoms with Gasteiger partial charge in [-0.3, -0.25) is 0 Å². The Bertz CT molecular complexity index is 1080. The highest BCUT2D eigenvalue weighted by molar-refractivity contribution is 5.91. The fourth-order valence-electron chi connectivity index (χ4n) is 2.94. The average molecular weight is 371 g/mol. The van der Waals surface area contributed by atoms with E-state index in [1.54, 1.807) is 6.20 Å². The number of anilines is 2. The summed E-state index contributed by atoms with van der Waals surface area (Å²) in [5.41, 5.74) is 3.40. The minimum absolute atomic E-state index is 0.597. The molecule has 0 unspecified atom stereocenters. The third-order valence-corrected chi connectivity index (χ3v) is 4.29. The lowest BCUT2D eigenvalue weighted by atomic mass is 10.2. The van der Waals surface area contributed by atoms with Crippen molar-refractivity contribution in [3.8, 4) is 17.2 Å². The predicted octanol–water partition coefficient (Wildman–Crippen LogP) is 5.87. The topological polar surface area (TPSA) is 56.3 Å². The summed E-state index contributed by atoms with van der Waals surface area (Å²) in [6.07, 6.45) is 1.75. The minimum Gasteiger partial charge on any atom is -0.492 e. The second-order valence-corrected chi connectivity index (χ2v) is 6.30. The number of nitrogens with zero attached hydrogens (tertiary/aromatic N) is 2. The lowest BCUT2D eigenvalue weighted by Gasteiger charge is -2.13. The van der Waals surface area contributed by atoms with Gasteiger partial charge < -0.3 is 14.8 Å². The molecule has 5 heteroatoms. The van der Waals surface area contributed by atoms with Gasteiger partial charge in [-0.25, -0.2) is 9.97 Å². The molecule has 0 aliphatic rings. The zero-order chi connectivity index (χ0) is 19.3. The predicted molar refractivity (Wildman–Crippen MR) is 112 cm³/mol. The van der Waals surface area contributed by atoms with E-state index in [0.717, 1.165) is 39.7 Å². The molecule has 5 nitrogen and oxygen atoms in total. The van der Waals surface area contributed by atoms with Gasteiger partial charge >= 0.3 is 0 Å². The summed E-state index contributed by atoms with van der Waals surface area (Å²) in [4.78, 5) is 8.94. The van der Waals surface area contributed by atoms with Crippen molar-refractivity contribution in [1.82, 2.24) is 9.97 Å². The van der Waals surface area contributed by atoms with Crippen LogP contribution in [0, 0.1) is 6.92 Å². The molecule has 2 aromatic carbocycles. The fraction of sp³-hybridized carbons (Fsp3) is 0.130. The second-order valence-electron chi connectivity index (χ2n) is 6.30. The third-order valence-electron chi connectivity index (χ3n) is 4.29. The lowest BCUT2D eigenvalue weighted by molar-refractivity contribution is 0.337. The van der Waals surface area contributed by atoms with Gasteiger partial charge in [0.2, 0.25) is 0 Å². The summed E-state index contributed by atoms with van der Waals surface area (Å²) in [7, 11) is 0. The van der Waals surface area contributed by atoms with E-state index in [9.17, 15) is 0 Å². The van der Waals surface area contributed by atoms with Crippen LogP contribution < -0.4 is 14.8 Å². The molecule has 1 N–H and O–H groups in total. The maximum absolute atomic E-state index is 5.85. The molecule has 0 fully saturated rings. The van der Waals surface area contributed by atoms with Crippen LogP contribution >= 0.6 is 0 Å². The fourth-order valence-corrected chi connectivity index (χ4v) is 2.94. The molecule has 0 saturated carbocycles. The summed E-state index contributed by atoms with van der Waals surface area (Å²) in [5, 5.41) is 4.35. The van der Waals surface area contributed by atoms with Crippen LogP contribution in [0.5, 0.6) is 17.2 Å². The number of aromatic nitrogens is 2. The Morgan fingerprint density at radius 1 is 0.929 bits per heavy atom. The first kappa shape index (κ1) is 17.8. The number of hydrogen-bond acceptors (Lipinski definition) is 5. The number of hydrogen-bond donors (Lipinski definition) is 1. The molecule has 0 spiro atoms. The molecule has 0 atom stereocenters. The molecule has 4 rings (SSSR count). The normalized spacial score (nSPS) is 10.6. The van der Waals surface area contributed by atoms with E-state index in [4.69, 9.17) is 9.47 Å². The first-order chi connectivity index (χ1) is 13.7. The SMILES string of the molecule is CCOc1cc2c(Nc3ccc(Oc4ccccc4)cc3)ccnc2nc1C. The third kappa shape index (κ3) is 3.88. The lowest BCUT2D eigenvalue weighted by Crippen LogP contribution is -1.99. The highest BCUT2D eigenvalue weighted by Gasteiger charge is 2.09. The van der Waals surface area contributed by atoms with E-state index in [1.807, 2.05) is 80.6 Å². The van der Waals surface area contributed by atoms with Crippen LogP contribution in [0.1, 0.15) is 12.6 Å². The van der Waals surface area contributed by atoms with Crippen molar-refractivity contribution in [2.45, 2.75) is 13.8 Å². The Balaban J connectivity index is 1.58. The number of aryl methyl sites for hydroxylation is 1. The first-order valence-corrected chi connectivity index (χ1v) is 9.22. The maximum atomic E-state index is 5.85. The van der Waals surface area contributed by atoms with Crippen LogP contribution in [-0.4, -0.2) is 16.6 Å². The largest absolute Gasteiger partial charge is 0.492 e. The molecule has 0 aliphatic heterocycles. The molecular weight excluding hydrogens is 350 g/mol. The Labute approximate surface area is 164 Å². The van der Waals surface area contributed by atoms with Crippen LogP contribution in [0.2, 0.25) is 0 Å². The molecule has 28 heavy (non-hydrogen) atoms. The van der Waals surface area contributed by atoms with Crippen molar-refractivity contribution < 1.29 is 9.47 Å². The highest BCUT2D eigenvalue weighted by atomic mass is 16.5. The van der Waals surface area contributed by atoms with Crippen molar-refractivity contribution in [1.29, 1.82) is 0 Å². The van der Waals surface area contributed by atoms with Crippen LogP contribution in [0.15, 0.2) is 72.9 Å². The Morgan fingerprint density at radius 3 is 2.43 bits per heavy atom. The quantitative estimate of drug-likeness (QED) is 0.459. The zero-order valence-corrected chi connectivity index (χ0v) is 15.8. The van der Waals surface area contributed by atoms with Gasteiger partial charge in [-0.2, -0.15) is 0 Å². The van der Waals surface area contributed by atoms with Gasteiger partial charge in [-0.15, -0.1) is 0 Å². The first-order valence-electron chi connectivity index (χ1n) is 9.22. The summed E-state index contributed by atoms with van der Waals surface area (Å²) >= 11 is 0. The zero-order valence-electron chi connectivity index (χ0n) is 15.8. The number of benzene rings is 2. The van der Waals surface area contributed by atoms with Crippen molar-refractivity contribution in [2.24, 2.45) is 0 Å². The smallest absolute Gasteiger partial charge is 0.161 e. The van der Waals surface area contributed by atoms with Crippen molar-refractivity contribution in [3.05, 3.63) is 78.6 Å². The molecule has 0 radical (unpaired) electrons. The molecule has 140 valence electrons. The van der Waals surface area contributed by atoms with Crippen molar-refractivity contribution in [2.75, 3.05) is 11.9 Å². The number of fused-ring (bicyclic) bond motifs is 1. The van der Waals surface area contributed by atoms with Crippen molar-refractivity contribution >= 4 is 22.4 Å². The van der Waals surface area contributed by atoms with Crippen molar-refractivity contribution in [3.63, 3.8) is 0 Å². The molecule has 2 heterocycles. The van der Waals surface area contributed by atoms with Gasteiger partial charge in [0.15, 0.2) is 5.65 Å². The van der Waals surface area contributed by atoms with E-state index in [2.05, 4.69) is 15.3 Å². The van der Waals surface area contributed by atoms with Crippen LogP contribution in [0.3, 0.4) is 0 Å². The van der Waals surface area contributed by atoms with E-state index < -0.39 is 0 Å². The number of nitrogens with one attached hydrogen (secondary N) is 1. The monoisotopic (exact) mass is 371 g/mol. The van der Waals surface area contributed by atoms with E-state index in [0.29, 0.717) is 12.3 Å². The van der Waals surface area contributed by atoms with Gasteiger partial charge in [0.25, 0.3) is 0 Å². The van der Waals surface area contributed by atoms with Gasteiger partial charge in [0.1, 0.15) is 17.2 Å². The Hall–Kier alpha value is -3.60. The molecule has 0 amide bonds. The summed E-state index contributed by atoms with van der Waals surface area (Å²) in [5.74, 6) is 2.37. The van der Waals surface area contributed by atoms with Crippen LogP contribution in [0.25, 0.3) is 11.0 Å². The van der Waals surface area contributed by atoms with E-state index in [-0.39, 0.29) is 0 Å². The maximum Gasteiger partial charge on any atom is 0.161 e. The minimum atomic E-state index is 0.597. The van der Waals surface area contributed by atoms with Gasteiger partial charge in [0.05, 0.1) is 18.0 Å². The second kappa shape index (κ2) is 7.96. The summed E-state index contributed by atoms with van der Waals surface area (Å²) < 4.78 is 11.5. The van der Waals surface area contributed by atoms with Gasteiger partial charge in [0, 0.05) is 17.3 Å². The van der Waals surface area contributed by atoms with Crippen LogP contribution in [0.4, 0.5) is 11.4 Å². The molecule has 0 aliphatic carbocycles. The Kier molecular flexibility index (Phi) is 5.06. The average Bonchev–Trinajstić information content (AvgIpc) is 2.71. The number of para-hydroxylation sites is 1. The Morgan fingerprint density at radius 2 is 1.68 bits per heavy atom. The van der Waals surface area contributed by atoms with E-state index in [1.165, 1.54) is 0 Å². The number of pyridine rings is 2. The molecule has 0 bridgehead atoms. The number of rotatable bonds is 6. The van der Waals surface area contributed by atoms with Crippen LogP contribution in [-0.2, 0) is 0 Å². The summed E-state index contributed by atoms with van der Waals surface area (Å²) in [6, 6.07) is 21.5. The highest BCUT2D eigenvalue weighted by Crippen LogP contribution is 2.30. The van der Waals surface area contributed by atoms with Gasteiger partial charge in [-0.1, -0.05) is 18.2 Å². The van der Waals surface area contributed by atoms with Gasteiger partial charge in [-0.05, 0) is 62.4 Å². The summed E-state index contributed by atoms with van der Waals surface area (Å²) in [6.45, 7) is 4.49. The molecule has 0 saturated heterocycles. The number of ether oxygens (including phenoxy) is 2. The molecular formula is C23H21N3O2. The molecule has 2 aromatic heterocycles.